The molecule has 0 aliphatic carbocycles. The highest BCUT2D eigenvalue weighted by atomic mass is 79.9. The summed E-state index contributed by atoms with van der Waals surface area (Å²) < 4.78 is 0.899. The maximum Gasteiger partial charge on any atom is 0.228 e. The van der Waals surface area contributed by atoms with Crippen LogP contribution in [0.3, 0.4) is 0 Å². The number of amides is 1. The normalized spacial score (nSPS) is 14.8. The van der Waals surface area contributed by atoms with Crippen LogP contribution in [0.25, 0.3) is 0 Å². The summed E-state index contributed by atoms with van der Waals surface area (Å²) in [6.07, 6.45) is -0.500. The molecule has 0 saturated carbocycles. The number of fused-ring (bicyclic) bond motifs is 1. The summed E-state index contributed by atoms with van der Waals surface area (Å²) in [5, 5.41) is 13.9. The Hall–Kier alpha value is -1.36. The first-order chi connectivity index (χ1) is 9.95. The summed E-state index contributed by atoms with van der Waals surface area (Å²) in [7, 11) is 0. The molecule has 3 rings (SSSR count). The molecule has 5 heteroatoms. The van der Waals surface area contributed by atoms with Crippen molar-refractivity contribution in [2.75, 3.05) is 5.32 Å². The molecule has 1 aliphatic rings. The number of hydrogen-bond donors (Lipinski definition) is 2. The highest BCUT2D eigenvalue weighted by molar-refractivity contribution is 9.10. The first-order valence-electron chi connectivity index (χ1n) is 6.52. The second-order valence-corrected chi connectivity index (χ2v) is 6.48. The van der Waals surface area contributed by atoms with Gasteiger partial charge in [0.25, 0.3) is 0 Å². The molecular weight excluding hydrogens is 354 g/mol. The monoisotopic (exact) mass is 365 g/mol. The minimum absolute atomic E-state index is 0.0497. The Morgan fingerprint density at radius 1 is 1.29 bits per heavy atom. The molecule has 0 fully saturated rings. The van der Waals surface area contributed by atoms with Crippen molar-refractivity contribution in [2.45, 2.75) is 19.4 Å². The van der Waals surface area contributed by atoms with Crippen molar-refractivity contribution in [1.82, 2.24) is 0 Å². The second-order valence-electron chi connectivity index (χ2n) is 5.16. The third-order valence-electron chi connectivity index (χ3n) is 3.68. The predicted molar refractivity (Wildman–Crippen MR) is 86.7 cm³/mol. The first-order valence-corrected chi connectivity index (χ1v) is 7.69. The molecule has 21 heavy (non-hydrogen) atoms. The van der Waals surface area contributed by atoms with Crippen LogP contribution in [-0.4, -0.2) is 11.0 Å². The number of aliphatic hydroxyl groups excluding tert-OH is 1. The Bertz CT molecular complexity index is 745. The molecule has 1 aliphatic heterocycles. The van der Waals surface area contributed by atoms with E-state index in [4.69, 9.17) is 11.6 Å². The molecule has 3 nitrogen and oxygen atoms in total. The van der Waals surface area contributed by atoms with Gasteiger partial charge in [-0.05, 0) is 47.9 Å². The summed E-state index contributed by atoms with van der Waals surface area (Å²) in [4.78, 5) is 11.4. The Morgan fingerprint density at radius 2 is 2.05 bits per heavy atom. The van der Waals surface area contributed by atoms with Crippen molar-refractivity contribution in [2.24, 2.45) is 0 Å². The van der Waals surface area contributed by atoms with E-state index in [9.17, 15) is 9.90 Å². The fourth-order valence-corrected chi connectivity index (χ4v) is 3.20. The molecule has 1 amide bonds. The fourth-order valence-electron chi connectivity index (χ4n) is 2.55. The summed E-state index contributed by atoms with van der Waals surface area (Å²) in [5.41, 5.74) is 3.99. The zero-order chi connectivity index (χ0) is 15.1. The molecule has 0 radical (unpaired) electrons. The number of aliphatic hydroxyl groups is 1. The van der Waals surface area contributed by atoms with Crippen molar-refractivity contribution in [3.05, 3.63) is 62.1 Å². The Morgan fingerprint density at radius 3 is 2.81 bits per heavy atom. The van der Waals surface area contributed by atoms with E-state index in [1.54, 1.807) is 12.1 Å². The summed E-state index contributed by atoms with van der Waals surface area (Å²) in [6.45, 7) is 1.94. The molecule has 1 unspecified atom stereocenters. The van der Waals surface area contributed by atoms with Crippen LogP contribution in [0.15, 0.2) is 34.8 Å². The minimum Gasteiger partial charge on any atom is -0.384 e. The van der Waals surface area contributed by atoms with E-state index in [0.717, 1.165) is 26.9 Å². The van der Waals surface area contributed by atoms with E-state index < -0.39 is 6.10 Å². The molecule has 1 heterocycles. The van der Waals surface area contributed by atoms with Gasteiger partial charge in [-0.25, -0.2) is 0 Å². The molecule has 0 spiro atoms. The molecule has 2 N–H and O–H groups in total. The van der Waals surface area contributed by atoms with Crippen molar-refractivity contribution < 1.29 is 9.90 Å². The van der Waals surface area contributed by atoms with Gasteiger partial charge < -0.3 is 10.4 Å². The Kier molecular flexibility index (Phi) is 3.78. The lowest BCUT2D eigenvalue weighted by Crippen LogP contribution is -2.04. The van der Waals surface area contributed by atoms with Crippen molar-refractivity contribution in [1.29, 1.82) is 0 Å². The second kappa shape index (κ2) is 5.44. The maximum atomic E-state index is 11.4. The van der Waals surface area contributed by atoms with Gasteiger partial charge in [-0.15, -0.1) is 0 Å². The average Bonchev–Trinajstić information content (AvgIpc) is 2.79. The SMILES string of the molecule is Cc1ccc(Br)cc1C(O)c1cc2c(cc1Cl)NC(=O)C2. The maximum absolute atomic E-state index is 11.4. The van der Waals surface area contributed by atoms with E-state index in [1.165, 1.54) is 0 Å². The quantitative estimate of drug-likeness (QED) is 0.844. The van der Waals surface area contributed by atoms with Gasteiger partial charge in [0.05, 0.1) is 6.42 Å². The average molecular weight is 367 g/mol. The lowest BCUT2D eigenvalue weighted by atomic mass is 9.95. The summed E-state index contributed by atoms with van der Waals surface area (Å²) in [5.74, 6) is -0.0497. The van der Waals surface area contributed by atoms with Crippen LogP contribution in [0, 0.1) is 6.92 Å². The fraction of sp³-hybridized carbons (Fsp3) is 0.188. The molecular formula is C16H13BrClNO2. The number of rotatable bonds is 2. The molecule has 0 aromatic heterocycles. The molecule has 0 saturated heterocycles. The third kappa shape index (κ3) is 2.71. The van der Waals surface area contributed by atoms with Gasteiger partial charge in [0.1, 0.15) is 6.10 Å². The molecule has 2 aromatic rings. The number of hydrogen-bond acceptors (Lipinski definition) is 2. The van der Waals surface area contributed by atoms with Gasteiger partial charge in [-0.3, -0.25) is 4.79 Å². The van der Waals surface area contributed by atoms with Gasteiger partial charge in [-0.2, -0.15) is 0 Å². The highest BCUT2D eigenvalue weighted by Gasteiger charge is 2.23. The van der Waals surface area contributed by atoms with Crippen LogP contribution in [-0.2, 0) is 11.2 Å². The van der Waals surface area contributed by atoms with Crippen LogP contribution < -0.4 is 5.32 Å². The first kappa shape index (κ1) is 14.6. The van der Waals surface area contributed by atoms with Gasteiger partial charge in [0, 0.05) is 20.7 Å². The zero-order valence-electron chi connectivity index (χ0n) is 11.3. The van der Waals surface area contributed by atoms with E-state index in [2.05, 4.69) is 21.2 Å². The standard InChI is InChI=1S/C16H13BrClNO2/c1-8-2-3-10(17)6-11(8)16(21)12-4-9-5-15(20)19-14(9)7-13(12)18/h2-4,6-7,16,21H,5H2,1H3,(H,19,20). The number of benzene rings is 2. The Labute approximate surface area is 136 Å². The lowest BCUT2D eigenvalue weighted by molar-refractivity contribution is -0.115. The van der Waals surface area contributed by atoms with Gasteiger partial charge in [0.15, 0.2) is 0 Å². The molecule has 0 bridgehead atoms. The summed E-state index contributed by atoms with van der Waals surface area (Å²) >= 11 is 9.68. The smallest absolute Gasteiger partial charge is 0.228 e. The number of halogens is 2. The van der Waals surface area contributed by atoms with Crippen molar-refractivity contribution in [3.8, 4) is 0 Å². The number of aryl methyl sites for hydroxylation is 1. The molecule has 108 valence electrons. The largest absolute Gasteiger partial charge is 0.384 e. The van der Waals surface area contributed by atoms with E-state index in [0.29, 0.717) is 17.0 Å². The van der Waals surface area contributed by atoms with Gasteiger partial charge in [-0.1, -0.05) is 33.6 Å². The van der Waals surface area contributed by atoms with Crippen LogP contribution in [0.4, 0.5) is 5.69 Å². The van der Waals surface area contributed by atoms with E-state index >= 15 is 0 Å². The number of nitrogens with one attached hydrogen (secondary N) is 1. The van der Waals surface area contributed by atoms with Crippen LogP contribution in [0.1, 0.15) is 28.4 Å². The van der Waals surface area contributed by atoms with E-state index in [1.807, 2.05) is 25.1 Å². The van der Waals surface area contributed by atoms with Crippen LogP contribution >= 0.6 is 27.5 Å². The zero-order valence-corrected chi connectivity index (χ0v) is 13.6. The number of carbonyl (C=O) groups excluding carboxylic acids is 1. The third-order valence-corrected chi connectivity index (χ3v) is 4.50. The Balaban J connectivity index is 2.06. The predicted octanol–water partition coefficient (Wildman–Crippen LogP) is 3.99. The van der Waals surface area contributed by atoms with Gasteiger partial charge >= 0.3 is 0 Å². The number of carbonyl (C=O) groups is 1. The summed E-state index contributed by atoms with van der Waals surface area (Å²) in [6, 6.07) is 9.26. The lowest BCUT2D eigenvalue weighted by Gasteiger charge is -2.17. The molecule has 2 aromatic carbocycles. The highest BCUT2D eigenvalue weighted by Crippen LogP contribution is 2.36. The minimum atomic E-state index is -0.823. The van der Waals surface area contributed by atoms with Crippen molar-refractivity contribution >= 4 is 39.1 Å². The molecule has 1 atom stereocenters. The van der Waals surface area contributed by atoms with Crippen LogP contribution in [0.5, 0.6) is 0 Å². The number of anilines is 1. The van der Waals surface area contributed by atoms with Crippen molar-refractivity contribution in [3.63, 3.8) is 0 Å². The topological polar surface area (TPSA) is 49.3 Å². The van der Waals surface area contributed by atoms with Crippen LogP contribution in [0.2, 0.25) is 5.02 Å². The van der Waals surface area contributed by atoms with Gasteiger partial charge in [0.2, 0.25) is 5.91 Å². The van der Waals surface area contributed by atoms with E-state index in [-0.39, 0.29) is 5.91 Å².